The minimum Gasteiger partial charge on any atom is -0.478 e. The number of aromatic carboxylic acids is 1. The van der Waals surface area contributed by atoms with Gasteiger partial charge in [0, 0.05) is 60.8 Å². The second-order valence-corrected chi connectivity index (χ2v) is 10.4. The summed E-state index contributed by atoms with van der Waals surface area (Å²) >= 11 is 6.65. The zero-order chi connectivity index (χ0) is 29.1. The highest BCUT2D eigenvalue weighted by Gasteiger charge is 2.33. The maximum Gasteiger partial charge on any atom is 0.336 e. The molecule has 1 atom stereocenters. The van der Waals surface area contributed by atoms with Crippen LogP contribution in [-0.2, 0) is 0 Å². The molecule has 0 bridgehead atoms. The van der Waals surface area contributed by atoms with Crippen LogP contribution < -0.4 is 19.9 Å². The van der Waals surface area contributed by atoms with E-state index in [1.165, 1.54) is 0 Å². The number of rotatable bonds is 10. The first-order chi connectivity index (χ1) is 19.9. The van der Waals surface area contributed by atoms with Gasteiger partial charge in [-0.1, -0.05) is 48.0 Å². The van der Waals surface area contributed by atoms with Crippen LogP contribution >= 0.6 is 11.6 Å². The van der Waals surface area contributed by atoms with Crippen molar-refractivity contribution in [2.24, 2.45) is 0 Å². The Balaban J connectivity index is 1.80. The fraction of sp³-hybridized carbons (Fsp3) is 0.265. The predicted molar refractivity (Wildman–Crippen MR) is 169 cm³/mol. The molecule has 4 aromatic carbocycles. The Kier molecular flexibility index (Phi) is 8.41. The van der Waals surface area contributed by atoms with Crippen molar-refractivity contribution in [2.75, 3.05) is 41.3 Å². The van der Waals surface area contributed by atoms with Crippen molar-refractivity contribution in [2.45, 2.75) is 33.7 Å². The lowest BCUT2D eigenvalue weighted by atomic mass is 9.85. The molecule has 6 nitrogen and oxygen atoms in total. The molecule has 0 amide bonds. The molecule has 0 radical (unpaired) electrons. The van der Waals surface area contributed by atoms with Gasteiger partial charge in [-0.3, -0.25) is 0 Å². The average Bonchev–Trinajstić information content (AvgIpc) is 2.98. The Morgan fingerprint density at radius 1 is 0.805 bits per heavy atom. The van der Waals surface area contributed by atoms with Crippen LogP contribution in [0, 0.1) is 0 Å². The first kappa shape index (κ1) is 28.4. The van der Waals surface area contributed by atoms with Gasteiger partial charge in [-0.15, -0.1) is 0 Å². The normalized spacial score (nSPS) is 13.5. The van der Waals surface area contributed by atoms with Crippen molar-refractivity contribution in [3.8, 4) is 22.6 Å². The highest BCUT2D eigenvalue weighted by atomic mass is 35.5. The second kappa shape index (κ2) is 12.1. The molecule has 1 unspecified atom stereocenters. The van der Waals surface area contributed by atoms with Gasteiger partial charge < -0.3 is 25.0 Å². The van der Waals surface area contributed by atoms with Gasteiger partial charge in [0.25, 0.3) is 0 Å². The fourth-order valence-electron chi connectivity index (χ4n) is 5.69. The highest BCUT2D eigenvalue weighted by Crippen LogP contribution is 2.51. The molecular weight excluding hydrogens is 534 g/mol. The minimum atomic E-state index is -0.973. The van der Waals surface area contributed by atoms with Crippen LogP contribution in [0.25, 0.3) is 11.1 Å². The van der Waals surface area contributed by atoms with Crippen molar-refractivity contribution in [1.29, 1.82) is 0 Å². The van der Waals surface area contributed by atoms with E-state index in [4.69, 9.17) is 16.3 Å². The molecule has 1 aliphatic rings. The summed E-state index contributed by atoms with van der Waals surface area (Å²) in [5.41, 5.74) is 6.37. The van der Waals surface area contributed by atoms with Crippen molar-refractivity contribution in [3.05, 3.63) is 101 Å². The van der Waals surface area contributed by atoms with Crippen molar-refractivity contribution in [1.82, 2.24) is 0 Å². The monoisotopic (exact) mass is 569 g/mol. The van der Waals surface area contributed by atoms with Crippen LogP contribution in [-0.4, -0.2) is 37.3 Å². The number of benzene rings is 4. The van der Waals surface area contributed by atoms with Gasteiger partial charge in [-0.2, -0.15) is 0 Å². The van der Waals surface area contributed by atoms with Crippen LogP contribution in [0.15, 0.2) is 78.9 Å². The molecule has 0 aliphatic carbocycles. The summed E-state index contributed by atoms with van der Waals surface area (Å²) in [6.07, 6.45) is 0. The molecule has 1 heterocycles. The summed E-state index contributed by atoms with van der Waals surface area (Å²) < 4.78 is 6.72. The van der Waals surface area contributed by atoms with Crippen LogP contribution in [0.4, 0.5) is 17.1 Å². The number of nitrogens with one attached hydrogen (secondary N) is 1. The number of carboxylic acid groups (broad SMARTS) is 1. The third kappa shape index (κ3) is 5.44. The van der Waals surface area contributed by atoms with Crippen molar-refractivity contribution < 1.29 is 14.6 Å². The number of fused-ring (bicyclic) bond motifs is 2. The van der Waals surface area contributed by atoms with E-state index in [0.29, 0.717) is 16.3 Å². The number of halogens is 1. The number of carboxylic acids is 1. The quantitative estimate of drug-likeness (QED) is 0.199. The van der Waals surface area contributed by atoms with E-state index < -0.39 is 5.97 Å². The first-order valence-electron chi connectivity index (χ1n) is 14.2. The average molecular weight is 570 g/mol. The van der Waals surface area contributed by atoms with Gasteiger partial charge in [-0.25, -0.2) is 4.79 Å². The van der Waals surface area contributed by atoms with E-state index >= 15 is 0 Å². The van der Waals surface area contributed by atoms with Gasteiger partial charge in [0.1, 0.15) is 11.5 Å². The standard InChI is InChI=1S/C34H36ClN3O3/c1-5-37(6-2)22-17-18-26-30(20-22)41-31-21-23(38(7-3)8-4)19-27(24-13-9-10-14-25(24)34(39)40)32(31)33(26)36-29-16-12-11-15-28(29)35/h9-21,33,36H,5-8H2,1-4H3,(H,39,40). The summed E-state index contributed by atoms with van der Waals surface area (Å²) in [6, 6.07) is 25.0. The molecule has 4 aromatic rings. The Labute approximate surface area is 247 Å². The summed E-state index contributed by atoms with van der Waals surface area (Å²) in [4.78, 5) is 16.9. The lowest BCUT2D eigenvalue weighted by molar-refractivity contribution is 0.0697. The molecule has 2 N–H and O–H groups in total. The summed E-state index contributed by atoms with van der Waals surface area (Å²) in [5.74, 6) is 0.484. The van der Waals surface area contributed by atoms with E-state index in [1.54, 1.807) is 12.1 Å². The zero-order valence-electron chi connectivity index (χ0n) is 23.9. The van der Waals surface area contributed by atoms with E-state index in [9.17, 15) is 9.90 Å². The van der Waals surface area contributed by atoms with Gasteiger partial charge >= 0.3 is 5.97 Å². The smallest absolute Gasteiger partial charge is 0.336 e. The molecule has 0 aromatic heterocycles. The molecular formula is C34H36ClN3O3. The topological polar surface area (TPSA) is 65.0 Å². The molecule has 41 heavy (non-hydrogen) atoms. The Bertz CT molecular complexity index is 1560. The van der Waals surface area contributed by atoms with Crippen LogP contribution in [0.5, 0.6) is 11.5 Å². The highest BCUT2D eigenvalue weighted by molar-refractivity contribution is 6.33. The van der Waals surface area contributed by atoms with Crippen LogP contribution in [0.3, 0.4) is 0 Å². The SMILES string of the molecule is CCN(CC)c1ccc2c(c1)Oc1cc(N(CC)CC)cc(-c3ccccc3C(=O)O)c1C2Nc1ccccc1Cl. The van der Waals surface area contributed by atoms with Gasteiger partial charge in [0.15, 0.2) is 0 Å². The predicted octanol–water partition coefficient (Wildman–Crippen LogP) is 8.70. The van der Waals surface area contributed by atoms with E-state index in [0.717, 1.165) is 65.7 Å². The second-order valence-electron chi connectivity index (χ2n) is 9.98. The Morgan fingerprint density at radius 2 is 1.44 bits per heavy atom. The first-order valence-corrected chi connectivity index (χ1v) is 14.6. The summed E-state index contributed by atoms with van der Waals surface area (Å²) in [7, 11) is 0. The molecule has 5 rings (SSSR count). The molecule has 212 valence electrons. The number of hydrogen-bond acceptors (Lipinski definition) is 5. The number of para-hydroxylation sites is 1. The number of carbonyl (C=O) groups is 1. The maximum atomic E-state index is 12.4. The van der Waals surface area contributed by atoms with E-state index in [1.807, 2.05) is 36.4 Å². The van der Waals surface area contributed by atoms with E-state index in [2.05, 4.69) is 73.1 Å². The zero-order valence-corrected chi connectivity index (χ0v) is 24.7. The van der Waals surface area contributed by atoms with Gasteiger partial charge in [-0.05, 0) is 69.2 Å². The number of ether oxygens (including phenoxy) is 1. The summed E-state index contributed by atoms with van der Waals surface area (Å²) in [6.45, 7) is 11.9. The number of anilines is 3. The number of nitrogens with zero attached hydrogens (tertiary/aromatic N) is 2. The van der Waals surface area contributed by atoms with Crippen LogP contribution in [0.2, 0.25) is 5.02 Å². The third-order valence-corrected chi connectivity index (χ3v) is 8.15. The van der Waals surface area contributed by atoms with Gasteiger partial charge in [0.05, 0.1) is 22.3 Å². The van der Waals surface area contributed by atoms with E-state index in [-0.39, 0.29) is 11.6 Å². The molecule has 0 spiro atoms. The Morgan fingerprint density at radius 3 is 2.12 bits per heavy atom. The van der Waals surface area contributed by atoms with Gasteiger partial charge in [0.2, 0.25) is 0 Å². The third-order valence-electron chi connectivity index (χ3n) is 7.82. The molecule has 0 saturated carbocycles. The fourth-order valence-corrected chi connectivity index (χ4v) is 5.88. The van der Waals surface area contributed by atoms with Crippen LogP contribution in [0.1, 0.15) is 55.2 Å². The lowest BCUT2D eigenvalue weighted by Gasteiger charge is -2.34. The minimum absolute atomic E-state index is 0.241. The number of hydrogen-bond donors (Lipinski definition) is 2. The maximum absolute atomic E-state index is 12.4. The largest absolute Gasteiger partial charge is 0.478 e. The lowest BCUT2D eigenvalue weighted by Crippen LogP contribution is -2.25. The van der Waals surface area contributed by atoms with Crippen molar-refractivity contribution in [3.63, 3.8) is 0 Å². The molecule has 7 heteroatoms. The summed E-state index contributed by atoms with van der Waals surface area (Å²) in [5, 5.41) is 14.4. The van der Waals surface area contributed by atoms with Crippen molar-refractivity contribution >= 4 is 34.6 Å². The molecule has 1 aliphatic heterocycles. The Hall–Kier alpha value is -4.16. The molecule has 0 fully saturated rings. The molecule has 0 saturated heterocycles.